The summed E-state index contributed by atoms with van der Waals surface area (Å²) in [5, 5.41) is 10.9. The molecule has 0 aliphatic carbocycles. The SMILES string of the molecule is COc1cccc(Cc2nnc(CCC(=O)NCC(C)C)c(=O)[nH]2)c1. The molecule has 1 aromatic heterocycles. The molecule has 1 aromatic carbocycles. The molecule has 0 unspecified atom stereocenters. The third kappa shape index (κ3) is 6.02. The van der Waals surface area contributed by atoms with Crippen LogP contribution in [0, 0.1) is 5.92 Å². The summed E-state index contributed by atoms with van der Waals surface area (Å²) >= 11 is 0. The third-order valence-corrected chi connectivity index (χ3v) is 3.61. The summed E-state index contributed by atoms with van der Waals surface area (Å²) in [4.78, 5) is 26.6. The number of nitrogens with one attached hydrogen (secondary N) is 2. The van der Waals surface area contributed by atoms with E-state index < -0.39 is 0 Å². The molecule has 2 rings (SSSR count). The Morgan fingerprint density at radius 2 is 2.12 bits per heavy atom. The third-order valence-electron chi connectivity index (χ3n) is 3.61. The van der Waals surface area contributed by atoms with E-state index in [2.05, 4.69) is 20.5 Å². The van der Waals surface area contributed by atoms with Crippen molar-refractivity contribution in [3.63, 3.8) is 0 Å². The molecule has 0 saturated heterocycles. The summed E-state index contributed by atoms with van der Waals surface area (Å²) in [6.07, 6.45) is 0.944. The van der Waals surface area contributed by atoms with Crippen molar-refractivity contribution >= 4 is 5.91 Å². The maximum absolute atomic E-state index is 12.1. The monoisotopic (exact) mass is 344 g/mol. The van der Waals surface area contributed by atoms with E-state index in [4.69, 9.17) is 4.74 Å². The fraction of sp³-hybridized carbons (Fsp3) is 0.444. The Hall–Kier alpha value is -2.70. The number of ether oxygens (including phenoxy) is 1. The number of hydrogen-bond donors (Lipinski definition) is 2. The molecule has 0 aliphatic heterocycles. The van der Waals surface area contributed by atoms with Gasteiger partial charge in [-0.15, -0.1) is 10.2 Å². The molecule has 0 atom stereocenters. The van der Waals surface area contributed by atoms with Gasteiger partial charge in [0.2, 0.25) is 5.91 Å². The molecule has 0 radical (unpaired) electrons. The Morgan fingerprint density at radius 1 is 1.32 bits per heavy atom. The number of methoxy groups -OCH3 is 1. The number of carbonyl (C=O) groups is 1. The number of amides is 1. The number of aromatic amines is 1. The Balaban J connectivity index is 1.95. The molecule has 1 heterocycles. The van der Waals surface area contributed by atoms with E-state index in [1.54, 1.807) is 7.11 Å². The normalized spacial score (nSPS) is 10.7. The van der Waals surface area contributed by atoms with Gasteiger partial charge in [-0.25, -0.2) is 0 Å². The number of benzene rings is 1. The molecule has 1 amide bonds. The van der Waals surface area contributed by atoms with Gasteiger partial charge >= 0.3 is 0 Å². The van der Waals surface area contributed by atoms with Gasteiger partial charge in [-0.05, 0) is 23.6 Å². The van der Waals surface area contributed by atoms with Crippen LogP contribution in [0.2, 0.25) is 0 Å². The highest BCUT2D eigenvalue weighted by atomic mass is 16.5. The van der Waals surface area contributed by atoms with Crippen LogP contribution >= 0.6 is 0 Å². The summed E-state index contributed by atoms with van der Waals surface area (Å²) in [6, 6.07) is 7.54. The summed E-state index contributed by atoms with van der Waals surface area (Å²) in [5.41, 5.74) is 0.934. The Labute approximate surface area is 146 Å². The van der Waals surface area contributed by atoms with Crippen LogP contribution in [0.3, 0.4) is 0 Å². The molecule has 0 bridgehead atoms. The first-order chi connectivity index (χ1) is 12.0. The molecule has 134 valence electrons. The van der Waals surface area contributed by atoms with Gasteiger partial charge in [0.25, 0.3) is 5.56 Å². The maximum atomic E-state index is 12.1. The van der Waals surface area contributed by atoms with Crippen LogP contribution < -0.4 is 15.6 Å². The molecule has 25 heavy (non-hydrogen) atoms. The van der Waals surface area contributed by atoms with Gasteiger partial charge in [-0.2, -0.15) is 0 Å². The van der Waals surface area contributed by atoms with Gasteiger partial charge in [0.1, 0.15) is 17.3 Å². The lowest BCUT2D eigenvalue weighted by Gasteiger charge is -2.07. The summed E-state index contributed by atoms with van der Waals surface area (Å²) in [5.74, 6) is 1.53. The molecular formula is C18H24N4O3. The maximum Gasteiger partial charge on any atom is 0.272 e. The highest BCUT2D eigenvalue weighted by molar-refractivity contribution is 5.76. The van der Waals surface area contributed by atoms with Crippen molar-refractivity contribution in [1.29, 1.82) is 0 Å². The van der Waals surface area contributed by atoms with E-state index in [0.29, 0.717) is 24.7 Å². The lowest BCUT2D eigenvalue weighted by Crippen LogP contribution is -2.28. The molecule has 0 spiro atoms. The minimum Gasteiger partial charge on any atom is -0.497 e. The number of aromatic nitrogens is 3. The van der Waals surface area contributed by atoms with Crippen molar-refractivity contribution in [1.82, 2.24) is 20.5 Å². The van der Waals surface area contributed by atoms with E-state index in [1.165, 1.54) is 0 Å². The Morgan fingerprint density at radius 3 is 2.80 bits per heavy atom. The first kappa shape index (κ1) is 18.6. The van der Waals surface area contributed by atoms with Gasteiger partial charge < -0.3 is 15.0 Å². The van der Waals surface area contributed by atoms with Crippen LogP contribution in [0.1, 0.15) is 37.4 Å². The molecule has 0 saturated carbocycles. The first-order valence-corrected chi connectivity index (χ1v) is 8.32. The van der Waals surface area contributed by atoms with Gasteiger partial charge in [0.15, 0.2) is 0 Å². The molecule has 0 aliphatic rings. The smallest absolute Gasteiger partial charge is 0.272 e. The van der Waals surface area contributed by atoms with Crippen molar-refractivity contribution in [2.75, 3.05) is 13.7 Å². The van der Waals surface area contributed by atoms with Crippen LogP contribution in [0.4, 0.5) is 0 Å². The van der Waals surface area contributed by atoms with Crippen molar-refractivity contribution in [2.24, 2.45) is 5.92 Å². The van der Waals surface area contributed by atoms with Crippen molar-refractivity contribution in [3.05, 3.63) is 51.7 Å². The standard InChI is InChI=1S/C18H24N4O3/c1-12(2)11-19-17(23)8-7-15-18(24)20-16(22-21-15)10-13-5-4-6-14(9-13)25-3/h4-6,9,12H,7-8,10-11H2,1-3H3,(H,19,23)(H,20,22,24). The average molecular weight is 344 g/mol. The number of hydrogen-bond acceptors (Lipinski definition) is 5. The molecule has 2 N–H and O–H groups in total. The van der Waals surface area contributed by atoms with Crippen LogP contribution in [-0.2, 0) is 17.6 Å². The van der Waals surface area contributed by atoms with Gasteiger partial charge in [-0.3, -0.25) is 9.59 Å². The second-order valence-corrected chi connectivity index (χ2v) is 6.27. The van der Waals surface area contributed by atoms with E-state index in [-0.39, 0.29) is 30.0 Å². The minimum absolute atomic E-state index is 0.0876. The number of H-pyrrole nitrogens is 1. The lowest BCUT2D eigenvalue weighted by molar-refractivity contribution is -0.121. The van der Waals surface area contributed by atoms with Crippen molar-refractivity contribution in [3.8, 4) is 5.75 Å². The number of aryl methyl sites for hydroxylation is 1. The van der Waals surface area contributed by atoms with Gasteiger partial charge in [-0.1, -0.05) is 26.0 Å². The predicted octanol–water partition coefficient (Wildman–Crippen LogP) is 1.47. The highest BCUT2D eigenvalue weighted by Crippen LogP contribution is 2.14. The predicted molar refractivity (Wildman–Crippen MR) is 94.6 cm³/mol. The van der Waals surface area contributed by atoms with E-state index in [9.17, 15) is 9.59 Å². The van der Waals surface area contributed by atoms with Crippen LogP contribution in [0.25, 0.3) is 0 Å². The van der Waals surface area contributed by atoms with Crippen LogP contribution in [0.15, 0.2) is 29.1 Å². The summed E-state index contributed by atoms with van der Waals surface area (Å²) in [6.45, 7) is 4.68. The van der Waals surface area contributed by atoms with Crippen molar-refractivity contribution < 1.29 is 9.53 Å². The second kappa shape index (κ2) is 8.96. The molecule has 7 nitrogen and oxygen atoms in total. The van der Waals surface area contributed by atoms with Gasteiger partial charge in [0, 0.05) is 25.8 Å². The number of rotatable bonds is 8. The van der Waals surface area contributed by atoms with Crippen molar-refractivity contribution in [2.45, 2.75) is 33.1 Å². The summed E-state index contributed by atoms with van der Waals surface area (Å²) < 4.78 is 5.18. The van der Waals surface area contributed by atoms with E-state index in [0.717, 1.165) is 11.3 Å². The largest absolute Gasteiger partial charge is 0.497 e. The zero-order chi connectivity index (χ0) is 18.2. The zero-order valence-electron chi connectivity index (χ0n) is 14.8. The highest BCUT2D eigenvalue weighted by Gasteiger charge is 2.09. The molecule has 7 heteroatoms. The topological polar surface area (TPSA) is 97.0 Å². The average Bonchev–Trinajstić information content (AvgIpc) is 2.59. The van der Waals surface area contributed by atoms with E-state index >= 15 is 0 Å². The molecular weight excluding hydrogens is 320 g/mol. The fourth-order valence-corrected chi connectivity index (χ4v) is 2.25. The quantitative estimate of drug-likeness (QED) is 0.756. The Kier molecular flexibility index (Phi) is 6.68. The Bertz CT molecular complexity index is 771. The zero-order valence-corrected chi connectivity index (χ0v) is 14.8. The van der Waals surface area contributed by atoms with E-state index in [1.807, 2.05) is 38.1 Å². The number of nitrogens with zero attached hydrogens (tertiary/aromatic N) is 2. The van der Waals surface area contributed by atoms with Crippen LogP contribution in [0.5, 0.6) is 5.75 Å². The minimum atomic E-state index is -0.301. The summed E-state index contributed by atoms with van der Waals surface area (Å²) in [7, 11) is 1.60. The second-order valence-electron chi connectivity index (χ2n) is 6.27. The molecule has 0 fully saturated rings. The molecule has 2 aromatic rings. The first-order valence-electron chi connectivity index (χ1n) is 8.32. The fourth-order valence-electron chi connectivity index (χ4n) is 2.25. The van der Waals surface area contributed by atoms with Crippen LogP contribution in [-0.4, -0.2) is 34.7 Å². The van der Waals surface area contributed by atoms with Gasteiger partial charge in [0.05, 0.1) is 7.11 Å². The lowest BCUT2D eigenvalue weighted by atomic mass is 10.1. The number of carbonyl (C=O) groups excluding carboxylic acids is 1.